The van der Waals surface area contributed by atoms with Gasteiger partial charge in [-0.3, -0.25) is 4.79 Å². The van der Waals surface area contributed by atoms with Crippen LogP contribution in [0.1, 0.15) is 28.8 Å². The number of benzene rings is 2. The van der Waals surface area contributed by atoms with Crippen LogP contribution < -0.4 is 10.1 Å². The molecule has 0 aliphatic carbocycles. The lowest BCUT2D eigenvalue weighted by molar-refractivity contribution is 0.0953. The summed E-state index contributed by atoms with van der Waals surface area (Å²) in [6.45, 7) is 1.29. The molecule has 0 atom stereocenters. The van der Waals surface area contributed by atoms with Gasteiger partial charge in [-0.25, -0.2) is 12.8 Å². The SMILES string of the molecule is COc1ccc(S(=O)(=O)N2CCCC2)cc1C(=O)NCCSCc1c(F)cccc1Cl. The third-order valence-electron chi connectivity index (χ3n) is 4.96. The second kappa shape index (κ2) is 10.7. The maximum atomic E-state index is 13.8. The van der Waals surface area contributed by atoms with Gasteiger partial charge in [-0.1, -0.05) is 17.7 Å². The Morgan fingerprint density at radius 1 is 1.26 bits per heavy atom. The zero-order valence-electron chi connectivity index (χ0n) is 17.1. The Balaban J connectivity index is 1.61. The summed E-state index contributed by atoms with van der Waals surface area (Å²) in [5.74, 6) is 0.423. The molecular weight excluding hydrogens is 463 g/mol. The second-order valence-electron chi connectivity index (χ2n) is 6.98. The number of carbonyl (C=O) groups excluding carboxylic acids is 1. The standard InChI is InChI=1S/C21H24ClFN2O4S2/c1-29-20-8-7-15(31(27,28)25-10-2-3-11-25)13-16(20)21(26)24-9-12-30-14-17-18(22)5-4-6-19(17)23/h4-8,13H,2-3,9-12,14H2,1H3,(H,24,26). The van der Waals surface area contributed by atoms with Crippen LogP contribution >= 0.6 is 23.4 Å². The highest BCUT2D eigenvalue weighted by molar-refractivity contribution is 7.98. The van der Waals surface area contributed by atoms with Crippen molar-refractivity contribution in [3.63, 3.8) is 0 Å². The molecular formula is C21H24ClFN2O4S2. The molecule has 1 N–H and O–H groups in total. The summed E-state index contributed by atoms with van der Waals surface area (Å²) in [6, 6.07) is 8.85. The molecule has 1 aliphatic rings. The largest absolute Gasteiger partial charge is 0.496 e. The van der Waals surface area contributed by atoms with Gasteiger partial charge in [0.1, 0.15) is 11.6 Å². The van der Waals surface area contributed by atoms with E-state index in [0.717, 1.165) is 12.8 Å². The number of nitrogens with one attached hydrogen (secondary N) is 1. The van der Waals surface area contributed by atoms with E-state index in [0.29, 0.717) is 47.5 Å². The van der Waals surface area contributed by atoms with Crippen LogP contribution in [0.4, 0.5) is 4.39 Å². The smallest absolute Gasteiger partial charge is 0.255 e. The van der Waals surface area contributed by atoms with E-state index in [1.165, 1.54) is 47.4 Å². The minimum absolute atomic E-state index is 0.0731. The molecule has 1 fully saturated rings. The van der Waals surface area contributed by atoms with Crippen LogP contribution in [0, 0.1) is 5.82 Å². The van der Waals surface area contributed by atoms with Crippen molar-refractivity contribution in [2.24, 2.45) is 0 Å². The van der Waals surface area contributed by atoms with Gasteiger partial charge in [-0.05, 0) is 43.2 Å². The Morgan fingerprint density at radius 2 is 2.00 bits per heavy atom. The van der Waals surface area contributed by atoms with E-state index in [4.69, 9.17) is 16.3 Å². The molecule has 1 saturated heterocycles. The van der Waals surface area contributed by atoms with Crippen LogP contribution in [0.25, 0.3) is 0 Å². The normalized spacial score (nSPS) is 14.5. The first-order valence-corrected chi connectivity index (χ1v) is 12.8. The van der Waals surface area contributed by atoms with Gasteiger partial charge in [-0.15, -0.1) is 0 Å². The molecule has 10 heteroatoms. The van der Waals surface area contributed by atoms with Crippen molar-refractivity contribution in [3.8, 4) is 5.75 Å². The lowest BCUT2D eigenvalue weighted by Crippen LogP contribution is -2.29. The van der Waals surface area contributed by atoms with Gasteiger partial charge in [0.25, 0.3) is 5.91 Å². The maximum Gasteiger partial charge on any atom is 0.255 e. The topological polar surface area (TPSA) is 75.7 Å². The fourth-order valence-corrected chi connectivity index (χ4v) is 6.02. The summed E-state index contributed by atoms with van der Waals surface area (Å²) in [4.78, 5) is 12.7. The molecule has 1 amide bonds. The van der Waals surface area contributed by atoms with Gasteiger partial charge < -0.3 is 10.1 Å². The lowest BCUT2D eigenvalue weighted by Gasteiger charge is -2.17. The van der Waals surface area contributed by atoms with Crippen molar-refractivity contribution in [2.75, 3.05) is 32.5 Å². The molecule has 0 saturated carbocycles. The van der Waals surface area contributed by atoms with Gasteiger partial charge in [0.05, 0.1) is 17.6 Å². The molecule has 168 valence electrons. The lowest BCUT2D eigenvalue weighted by atomic mass is 10.2. The van der Waals surface area contributed by atoms with Crippen LogP contribution in [0.15, 0.2) is 41.3 Å². The van der Waals surface area contributed by atoms with Gasteiger partial charge in [0, 0.05) is 41.7 Å². The number of thioether (sulfide) groups is 1. The summed E-state index contributed by atoms with van der Waals surface area (Å²) >= 11 is 7.45. The Bertz CT molecular complexity index is 1020. The molecule has 2 aromatic rings. The van der Waals surface area contributed by atoms with Crippen molar-refractivity contribution < 1.29 is 22.3 Å². The molecule has 0 aromatic heterocycles. The monoisotopic (exact) mass is 486 g/mol. The Hall–Kier alpha value is -1.81. The number of halogens is 2. The molecule has 1 heterocycles. The molecule has 6 nitrogen and oxygen atoms in total. The minimum atomic E-state index is -3.64. The number of carbonyl (C=O) groups is 1. The zero-order valence-corrected chi connectivity index (χ0v) is 19.5. The van der Waals surface area contributed by atoms with Crippen molar-refractivity contribution in [1.29, 1.82) is 0 Å². The quantitative estimate of drug-likeness (QED) is 0.543. The van der Waals surface area contributed by atoms with Crippen LogP contribution in [-0.2, 0) is 15.8 Å². The molecule has 3 rings (SSSR count). The van der Waals surface area contributed by atoms with E-state index < -0.39 is 15.9 Å². The Morgan fingerprint density at radius 3 is 2.68 bits per heavy atom. The van der Waals surface area contributed by atoms with E-state index in [1.54, 1.807) is 12.1 Å². The summed E-state index contributed by atoms with van der Waals surface area (Å²) in [6.07, 6.45) is 1.66. The summed E-state index contributed by atoms with van der Waals surface area (Å²) in [5.41, 5.74) is 0.590. The number of ether oxygens (including phenoxy) is 1. The number of amides is 1. The number of hydrogen-bond donors (Lipinski definition) is 1. The molecule has 0 radical (unpaired) electrons. The van der Waals surface area contributed by atoms with Crippen molar-refractivity contribution in [2.45, 2.75) is 23.5 Å². The molecule has 0 spiro atoms. The minimum Gasteiger partial charge on any atom is -0.496 e. The van der Waals surface area contributed by atoms with E-state index in [9.17, 15) is 17.6 Å². The van der Waals surface area contributed by atoms with E-state index in [2.05, 4.69) is 5.32 Å². The maximum absolute atomic E-state index is 13.8. The van der Waals surface area contributed by atoms with Crippen LogP contribution in [0.5, 0.6) is 5.75 Å². The van der Waals surface area contributed by atoms with Gasteiger partial charge in [0.2, 0.25) is 10.0 Å². The van der Waals surface area contributed by atoms with E-state index in [1.807, 2.05) is 0 Å². The highest BCUT2D eigenvalue weighted by Gasteiger charge is 2.28. The van der Waals surface area contributed by atoms with Crippen LogP contribution in [0.3, 0.4) is 0 Å². The third kappa shape index (κ3) is 5.71. The van der Waals surface area contributed by atoms with Crippen molar-refractivity contribution >= 4 is 39.3 Å². The van der Waals surface area contributed by atoms with Crippen molar-refractivity contribution in [3.05, 3.63) is 58.4 Å². The average Bonchev–Trinajstić information content (AvgIpc) is 3.30. The number of nitrogens with zero attached hydrogens (tertiary/aromatic N) is 1. The molecule has 0 unspecified atom stereocenters. The molecule has 2 aromatic carbocycles. The predicted molar refractivity (Wildman–Crippen MR) is 121 cm³/mol. The number of methoxy groups -OCH3 is 1. The summed E-state index contributed by atoms with van der Waals surface area (Å²) in [5, 5.41) is 3.13. The number of rotatable bonds is 9. The first-order chi connectivity index (χ1) is 14.8. The predicted octanol–water partition coefficient (Wildman–Crippen LogP) is 3.94. The first kappa shape index (κ1) is 23.8. The van der Waals surface area contributed by atoms with Crippen LogP contribution in [-0.4, -0.2) is 51.1 Å². The molecule has 31 heavy (non-hydrogen) atoms. The number of sulfonamides is 1. The first-order valence-electron chi connectivity index (χ1n) is 9.81. The summed E-state index contributed by atoms with van der Waals surface area (Å²) in [7, 11) is -2.22. The fourth-order valence-electron chi connectivity index (χ4n) is 3.28. The van der Waals surface area contributed by atoms with E-state index in [-0.39, 0.29) is 16.3 Å². The van der Waals surface area contributed by atoms with Gasteiger partial charge in [0.15, 0.2) is 0 Å². The number of hydrogen-bond acceptors (Lipinski definition) is 5. The highest BCUT2D eigenvalue weighted by atomic mass is 35.5. The van der Waals surface area contributed by atoms with Gasteiger partial charge >= 0.3 is 0 Å². The zero-order chi connectivity index (χ0) is 22.4. The Kier molecular flexibility index (Phi) is 8.21. The van der Waals surface area contributed by atoms with Gasteiger partial charge in [-0.2, -0.15) is 16.1 Å². The third-order valence-corrected chi connectivity index (χ3v) is 8.19. The fraction of sp³-hybridized carbons (Fsp3) is 0.381. The van der Waals surface area contributed by atoms with Crippen molar-refractivity contribution in [1.82, 2.24) is 9.62 Å². The van der Waals surface area contributed by atoms with E-state index >= 15 is 0 Å². The van der Waals surface area contributed by atoms with Crippen LogP contribution in [0.2, 0.25) is 5.02 Å². The molecule has 0 bridgehead atoms. The second-order valence-corrected chi connectivity index (χ2v) is 10.4. The highest BCUT2D eigenvalue weighted by Crippen LogP contribution is 2.27. The average molecular weight is 487 g/mol. The summed E-state index contributed by atoms with van der Waals surface area (Å²) < 4.78 is 46.1. The molecule has 1 aliphatic heterocycles. The Labute approximate surface area is 191 Å².